The Morgan fingerprint density at radius 3 is 2.33 bits per heavy atom. The van der Waals surface area contributed by atoms with Crippen LogP contribution >= 0.6 is 23.2 Å². The molecule has 1 unspecified atom stereocenters. The molecule has 0 heterocycles. The smallest absolute Gasteiger partial charge is 0.215 e. The highest BCUT2D eigenvalue weighted by atomic mass is 35.5. The molecule has 1 atom stereocenters. The third kappa shape index (κ3) is 4.74. The van der Waals surface area contributed by atoms with Crippen LogP contribution in [0.25, 0.3) is 0 Å². The molecule has 1 rings (SSSR count). The van der Waals surface area contributed by atoms with Crippen LogP contribution in [0.3, 0.4) is 0 Å². The normalized spacial score (nSPS) is 13.6. The molecule has 0 saturated carbocycles. The van der Waals surface area contributed by atoms with E-state index < -0.39 is 10.0 Å². The van der Waals surface area contributed by atoms with Crippen LogP contribution < -0.4 is 10.0 Å². The molecule has 0 aliphatic heterocycles. The van der Waals surface area contributed by atoms with Gasteiger partial charge < -0.3 is 5.32 Å². The van der Waals surface area contributed by atoms with Gasteiger partial charge in [-0.2, -0.15) is 0 Å². The Hall–Kier alpha value is -0.330. The molecule has 4 nitrogen and oxygen atoms in total. The summed E-state index contributed by atoms with van der Waals surface area (Å²) in [5.74, 6) is -0.220. The topological polar surface area (TPSA) is 58.2 Å². The lowest BCUT2D eigenvalue weighted by molar-refractivity contribution is 0.553. The van der Waals surface area contributed by atoms with Gasteiger partial charge in [0.15, 0.2) is 0 Å². The number of hydrogen-bond donors (Lipinski definition) is 2. The van der Waals surface area contributed by atoms with Crippen molar-refractivity contribution in [2.45, 2.75) is 18.7 Å². The van der Waals surface area contributed by atoms with Gasteiger partial charge in [0.25, 0.3) is 0 Å². The molecule has 1 aromatic rings. The van der Waals surface area contributed by atoms with E-state index in [1.165, 1.54) is 0 Å². The van der Waals surface area contributed by atoms with Gasteiger partial charge in [0.2, 0.25) is 10.0 Å². The number of sulfonamides is 1. The molecule has 0 aliphatic carbocycles. The van der Waals surface area contributed by atoms with Crippen LogP contribution in [0.2, 0.25) is 10.0 Å². The highest BCUT2D eigenvalue weighted by Crippen LogP contribution is 2.25. The Kier molecular flexibility index (Phi) is 5.88. The lowest BCUT2D eigenvalue weighted by Gasteiger charge is -2.13. The SMILES string of the molecule is CNC(C)CNS(=O)(=O)Cc1c(Cl)cccc1Cl. The van der Waals surface area contributed by atoms with Crippen molar-refractivity contribution in [3.05, 3.63) is 33.8 Å². The second-order valence-corrected chi connectivity index (χ2v) is 6.62. The average Bonchev–Trinajstić information content (AvgIpc) is 2.31. The fourth-order valence-electron chi connectivity index (χ4n) is 1.27. The van der Waals surface area contributed by atoms with Crippen LogP contribution in [0.5, 0.6) is 0 Å². The van der Waals surface area contributed by atoms with E-state index in [2.05, 4.69) is 10.0 Å². The van der Waals surface area contributed by atoms with E-state index in [4.69, 9.17) is 23.2 Å². The van der Waals surface area contributed by atoms with Crippen molar-refractivity contribution in [3.8, 4) is 0 Å². The molecule has 0 spiro atoms. The number of hydrogen-bond acceptors (Lipinski definition) is 3. The maximum atomic E-state index is 11.9. The summed E-state index contributed by atoms with van der Waals surface area (Å²) in [5, 5.41) is 3.66. The van der Waals surface area contributed by atoms with Gasteiger partial charge in [-0.3, -0.25) is 0 Å². The molecule has 0 radical (unpaired) electrons. The molecule has 2 N–H and O–H groups in total. The van der Waals surface area contributed by atoms with Crippen LogP contribution in [0.4, 0.5) is 0 Å². The molecule has 0 amide bonds. The number of likely N-dealkylation sites (N-methyl/N-ethyl adjacent to an activating group) is 1. The second-order valence-electron chi connectivity index (χ2n) is 4.00. The highest BCUT2D eigenvalue weighted by Gasteiger charge is 2.16. The first-order valence-electron chi connectivity index (χ1n) is 5.43. The molecular formula is C11H16Cl2N2O2S. The second kappa shape index (κ2) is 6.73. The van der Waals surface area contributed by atoms with Crippen LogP contribution in [-0.2, 0) is 15.8 Å². The number of rotatable bonds is 6. The van der Waals surface area contributed by atoms with E-state index in [0.29, 0.717) is 22.2 Å². The van der Waals surface area contributed by atoms with Gasteiger partial charge in [0.1, 0.15) is 0 Å². The number of halogens is 2. The summed E-state index contributed by atoms with van der Waals surface area (Å²) >= 11 is 11.9. The zero-order valence-corrected chi connectivity index (χ0v) is 12.5. The minimum absolute atomic E-state index is 0.0569. The third-order valence-corrected chi connectivity index (χ3v) is 4.48. The van der Waals surface area contributed by atoms with Crippen LogP contribution in [0, 0.1) is 0 Å². The average molecular weight is 311 g/mol. The van der Waals surface area contributed by atoms with Crippen molar-refractivity contribution >= 4 is 33.2 Å². The van der Waals surface area contributed by atoms with Crippen LogP contribution in [0.15, 0.2) is 18.2 Å². The number of nitrogens with one attached hydrogen (secondary N) is 2. The summed E-state index contributed by atoms with van der Waals surface area (Å²) in [6.45, 7) is 2.20. The summed E-state index contributed by atoms with van der Waals surface area (Å²) in [5.41, 5.74) is 0.422. The lowest BCUT2D eigenvalue weighted by Crippen LogP contribution is -2.37. The predicted octanol–water partition coefficient (Wildman–Crippen LogP) is 2.02. The predicted molar refractivity (Wildman–Crippen MR) is 75.6 cm³/mol. The van der Waals surface area contributed by atoms with Crippen molar-refractivity contribution < 1.29 is 8.42 Å². The monoisotopic (exact) mass is 310 g/mol. The first-order chi connectivity index (χ1) is 8.35. The van der Waals surface area contributed by atoms with E-state index in [-0.39, 0.29) is 11.8 Å². The molecule has 0 fully saturated rings. The Morgan fingerprint density at radius 1 is 1.28 bits per heavy atom. The van der Waals surface area contributed by atoms with Crippen molar-refractivity contribution in [1.82, 2.24) is 10.0 Å². The van der Waals surface area contributed by atoms with Crippen molar-refractivity contribution in [2.75, 3.05) is 13.6 Å². The molecule has 7 heteroatoms. The molecule has 0 bridgehead atoms. The van der Waals surface area contributed by atoms with Crippen LogP contribution in [0.1, 0.15) is 12.5 Å². The summed E-state index contributed by atoms with van der Waals surface area (Å²) in [6, 6.07) is 4.97. The molecule has 1 aromatic carbocycles. The lowest BCUT2D eigenvalue weighted by atomic mass is 10.2. The van der Waals surface area contributed by atoms with Crippen molar-refractivity contribution in [2.24, 2.45) is 0 Å². The van der Waals surface area contributed by atoms with Gasteiger partial charge in [-0.15, -0.1) is 0 Å². The minimum atomic E-state index is -3.44. The van der Waals surface area contributed by atoms with E-state index in [1.807, 2.05) is 6.92 Å². The molecule has 0 saturated heterocycles. The zero-order valence-electron chi connectivity index (χ0n) is 10.2. The largest absolute Gasteiger partial charge is 0.316 e. The Balaban J connectivity index is 2.77. The first kappa shape index (κ1) is 15.7. The Bertz CT molecular complexity index is 486. The minimum Gasteiger partial charge on any atom is -0.316 e. The number of benzene rings is 1. The van der Waals surface area contributed by atoms with Crippen molar-refractivity contribution in [1.29, 1.82) is 0 Å². The molecule has 18 heavy (non-hydrogen) atoms. The van der Waals surface area contributed by atoms with Gasteiger partial charge >= 0.3 is 0 Å². The zero-order chi connectivity index (χ0) is 13.8. The van der Waals surface area contributed by atoms with Gasteiger partial charge in [-0.1, -0.05) is 29.3 Å². The fraction of sp³-hybridized carbons (Fsp3) is 0.455. The summed E-state index contributed by atoms with van der Waals surface area (Å²) in [7, 11) is -1.68. The fourth-order valence-corrected chi connectivity index (χ4v) is 3.25. The molecule has 102 valence electrons. The quantitative estimate of drug-likeness (QED) is 0.845. The Morgan fingerprint density at radius 2 is 1.83 bits per heavy atom. The summed E-state index contributed by atoms with van der Waals surface area (Å²) in [6.07, 6.45) is 0. The van der Waals surface area contributed by atoms with Gasteiger partial charge in [0.05, 0.1) is 5.75 Å². The standard InChI is InChI=1S/C11H16Cl2N2O2S/c1-8(14-2)6-15-18(16,17)7-9-10(12)4-3-5-11(9)13/h3-5,8,14-15H,6-7H2,1-2H3. The first-order valence-corrected chi connectivity index (χ1v) is 7.84. The molecule has 0 aromatic heterocycles. The summed E-state index contributed by atoms with van der Waals surface area (Å²) < 4.78 is 26.2. The van der Waals surface area contributed by atoms with E-state index in [9.17, 15) is 8.42 Å². The van der Waals surface area contributed by atoms with E-state index in [0.717, 1.165) is 0 Å². The maximum absolute atomic E-state index is 11.9. The van der Waals surface area contributed by atoms with Crippen molar-refractivity contribution in [3.63, 3.8) is 0 Å². The third-order valence-electron chi connectivity index (χ3n) is 2.50. The summed E-state index contributed by atoms with van der Waals surface area (Å²) in [4.78, 5) is 0. The maximum Gasteiger partial charge on any atom is 0.215 e. The van der Waals surface area contributed by atoms with Gasteiger partial charge in [-0.25, -0.2) is 13.1 Å². The van der Waals surface area contributed by atoms with Crippen LogP contribution in [-0.4, -0.2) is 28.1 Å². The molecular weight excluding hydrogens is 295 g/mol. The van der Waals surface area contributed by atoms with E-state index in [1.54, 1.807) is 25.2 Å². The van der Waals surface area contributed by atoms with Gasteiger partial charge in [0, 0.05) is 28.2 Å². The van der Waals surface area contributed by atoms with E-state index >= 15 is 0 Å². The van der Waals surface area contributed by atoms with Gasteiger partial charge in [-0.05, 0) is 26.1 Å². The Labute approximate surface area is 118 Å². The highest BCUT2D eigenvalue weighted by molar-refractivity contribution is 7.88. The molecule has 0 aliphatic rings.